The lowest BCUT2D eigenvalue weighted by molar-refractivity contribution is -0.158. The molecule has 0 unspecified atom stereocenters. The molecule has 1 aliphatic carbocycles. The van der Waals surface area contributed by atoms with E-state index in [0.717, 1.165) is 5.56 Å². The lowest BCUT2D eigenvalue weighted by atomic mass is 10.1. The monoisotopic (exact) mass is 465 g/mol. The van der Waals surface area contributed by atoms with Gasteiger partial charge in [-0.3, -0.25) is 9.59 Å². The summed E-state index contributed by atoms with van der Waals surface area (Å²) in [5.41, 5.74) is 8.46. The zero-order chi connectivity index (χ0) is 24.9. The van der Waals surface area contributed by atoms with Crippen molar-refractivity contribution < 1.29 is 19.1 Å². The number of nitrogens with one attached hydrogen (secondary N) is 1. The standard InChI is InChI=1S/C27H35N3O4/c1-18(28)25(32)30(22-15-20-12-8-9-13-21(20)16-22)17-24(31)29-23(26(33)34-27(2,3)4)14-19-10-6-5-7-11-19/h5-13,18,22-23H,14-17,28H2,1-4H3,(H,29,31)/t18-,23-/m0/s1. The van der Waals surface area contributed by atoms with Gasteiger partial charge in [0.15, 0.2) is 0 Å². The second kappa shape index (κ2) is 10.8. The van der Waals surface area contributed by atoms with Crippen LogP contribution in [0.5, 0.6) is 0 Å². The molecule has 0 aliphatic heterocycles. The second-order valence-corrected chi connectivity index (χ2v) is 9.93. The fourth-order valence-corrected chi connectivity index (χ4v) is 4.22. The summed E-state index contributed by atoms with van der Waals surface area (Å²) in [7, 11) is 0. The molecule has 2 atom stereocenters. The Morgan fingerprint density at radius 2 is 1.59 bits per heavy atom. The minimum Gasteiger partial charge on any atom is -0.458 e. The van der Waals surface area contributed by atoms with Crippen LogP contribution in [0.3, 0.4) is 0 Å². The highest BCUT2D eigenvalue weighted by molar-refractivity contribution is 5.90. The van der Waals surface area contributed by atoms with E-state index >= 15 is 0 Å². The van der Waals surface area contributed by atoms with Gasteiger partial charge in [-0.1, -0.05) is 54.6 Å². The van der Waals surface area contributed by atoms with Crippen LogP contribution in [-0.4, -0.2) is 53.0 Å². The third-order valence-electron chi connectivity index (χ3n) is 5.77. The fraction of sp³-hybridized carbons (Fsp3) is 0.444. The van der Waals surface area contributed by atoms with E-state index < -0.39 is 29.6 Å². The van der Waals surface area contributed by atoms with Gasteiger partial charge in [-0.25, -0.2) is 4.79 Å². The van der Waals surface area contributed by atoms with Crippen LogP contribution in [0.2, 0.25) is 0 Å². The average molecular weight is 466 g/mol. The molecule has 0 fully saturated rings. The zero-order valence-electron chi connectivity index (χ0n) is 20.4. The number of nitrogens with zero attached hydrogens (tertiary/aromatic N) is 1. The van der Waals surface area contributed by atoms with Gasteiger partial charge in [0.1, 0.15) is 11.6 Å². The number of esters is 1. The highest BCUT2D eigenvalue weighted by atomic mass is 16.6. The molecule has 0 aromatic heterocycles. The van der Waals surface area contributed by atoms with Gasteiger partial charge >= 0.3 is 5.97 Å². The molecule has 0 heterocycles. The molecule has 1 aliphatic rings. The molecule has 182 valence electrons. The van der Waals surface area contributed by atoms with Gasteiger partial charge in [0.2, 0.25) is 11.8 Å². The van der Waals surface area contributed by atoms with Crippen molar-refractivity contribution in [3.05, 3.63) is 71.3 Å². The minimum atomic E-state index is -0.873. The predicted octanol–water partition coefficient (Wildman–Crippen LogP) is 2.40. The molecule has 2 aromatic carbocycles. The summed E-state index contributed by atoms with van der Waals surface area (Å²) >= 11 is 0. The molecule has 0 saturated heterocycles. The van der Waals surface area contributed by atoms with E-state index in [0.29, 0.717) is 12.8 Å². The predicted molar refractivity (Wildman–Crippen MR) is 131 cm³/mol. The molecule has 3 N–H and O–H groups in total. The molecule has 2 amide bonds. The fourth-order valence-electron chi connectivity index (χ4n) is 4.22. The summed E-state index contributed by atoms with van der Waals surface area (Å²) in [6.45, 7) is 6.80. The first kappa shape index (κ1) is 25.4. The number of nitrogens with two attached hydrogens (primary N) is 1. The smallest absolute Gasteiger partial charge is 0.329 e. The Kier molecular flexibility index (Phi) is 8.10. The summed E-state index contributed by atoms with van der Waals surface area (Å²) in [6.07, 6.45) is 1.63. The maximum atomic E-state index is 13.1. The maximum absolute atomic E-state index is 13.1. The summed E-state index contributed by atoms with van der Waals surface area (Å²) in [4.78, 5) is 40.5. The van der Waals surface area contributed by atoms with E-state index in [9.17, 15) is 14.4 Å². The first-order valence-electron chi connectivity index (χ1n) is 11.7. The van der Waals surface area contributed by atoms with Gasteiger partial charge in [-0.2, -0.15) is 0 Å². The zero-order valence-corrected chi connectivity index (χ0v) is 20.4. The number of amides is 2. The van der Waals surface area contributed by atoms with Gasteiger partial charge in [0.05, 0.1) is 12.6 Å². The molecular weight excluding hydrogens is 430 g/mol. The second-order valence-electron chi connectivity index (χ2n) is 9.93. The first-order valence-corrected chi connectivity index (χ1v) is 11.7. The van der Waals surface area contributed by atoms with Crippen LogP contribution < -0.4 is 11.1 Å². The van der Waals surface area contributed by atoms with E-state index in [2.05, 4.69) is 5.32 Å². The van der Waals surface area contributed by atoms with Crippen molar-refractivity contribution in [2.24, 2.45) is 5.73 Å². The third-order valence-corrected chi connectivity index (χ3v) is 5.77. The average Bonchev–Trinajstić information content (AvgIpc) is 3.20. The van der Waals surface area contributed by atoms with Crippen LogP contribution in [0.1, 0.15) is 44.4 Å². The van der Waals surface area contributed by atoms with E-state index in [1.165, 1.54) is 11.1 Å². The highest BCUT2D eigenvalue weighted by Gasteiger charge is 2.34. The van der Waals surface area contributed by atoms with Crippen LogP contribution in [0.15, 0.2) is 54.6 Å². The van der Waals surface area contributed by atoms with Gasteiger partial charge in [0.25, 0.3) is 0 Å². The van der Waals surface area contributed by atoms with Crippen LogP contribution in [0.25, 0.3) is 0 Å². The van der Waals surface area contributed by atoms with Crippen molar-refractivity contribution in [3.63, 3.8) is 0 Å². The van der Waals surface area contributed by atoms with E-state index in [1.54, 1.807) is 32.6 Å². The van der Waals surface area contributed by atoms with Crippen LogP contribution in [0, 0.1) is 0 Å². The van der Waals surface area contributed by atoms with Crippen LogP contribution >= 0.6 is 0 Å². The molecule has 0 bridgehead atoms. The molecule has 2 aromatic rings. The van der Waals surface area contributed by atoms with Crippen molar-refractivity contribution in [1.82, 2.24) is 10.2 Å². The quantitative estimate of drug-likeness (QED) is 0.583. The van der Waals surface area contributed by atoms with E-state index in [4.69, 9.17) is 10.5 Å². The van der Waals surface area contributed by atoms with Crippen LogP contribution in [-0.2, 0) is 38.4 Å². The molecule has 0 saturated carbocycles. The number of carbonyl (C=O) groups excluding carboxylic acids is 3. The summed E-state index contributed by atoms with van der Waals surface area (Å²) in [6, 6.07) is 15.7. The molecule has 0 radical (unpaired) electrons. The first-order chi connectivity index (χ1) is 16.0. The van der Waals surface area contributed by atoms with Crippen molar-refractivity contribution in [1.29, 1.82) is 0 Å². The van der Waals surface area contributed by atoms with Crippen molar-refractivity contribution in [3.8, 4) is 0 Å². The SMILES string of the molecule is C[C@H](N)C(=O)N(CC(=O)N[C@@H](Cc1ccccc1)C(=O)OC(C)(C)C)C1Cc2ccccc2C1. The molecule has 34 heavy (non-hydrogen) atoms. The summed E-state index contributed by atoms with van der Waals surface area (Å²) < 4.78 is 5.55. The number of fused-ring (bicyclic) bond motifs is 1. The number of hydrogen-bond donors (Lipinski definition) is 2. The topological polar surface area (TPSA) is 102 Å². The van der Waals surface area contributed by atoms with Crippen molar-refractivity contribution in [2.75, 3.05) is 6.54 Å². The molecule has 0 spiro atoms. The minimum absolute atomic E-state index is 0.157. The molecule has 7 nitrogen and oxygen atoms in total. The Hall–Kier alpha value is -3.19. The van der Waals surface area contributed by atoms with E-state index in [-0.39, 0.29) is 24.9 Å². The molecular formula is C27H35N3O4. The van der Waals surface area contributed by atoms with Gasteiger partial charge in [-0.05, 0) is 57.2 Å². The number of benzene rings is 2. The van der Waals surface area contributed by atoms with Crippen LogP contribution in [0.4, 0.5) is 0 Å². The molecule has 7 heteroatoms. The Morgan fingerprint density at radius 3 is 2.12 bits per heavy atom. The highest BCUT2D eigenvalue weighted by Crippen LogP contribution is 2.25. The number of ether oxygens (including phenoxy) is 1. The van der Waals surface area contributed by atoms with Crippen molar-refractivity contribution >= 4 is 17.8 Å². The third kappa shape index (κ3) is 6.90. The lowest BCUT2D eigenvalue weighted by Crippen LogP contribution is -2.54. The van der Waals surface area contributed by atoms with Crippen molar-refractivity contribution in [2.45, 2.75) is 70.7 Å². The Balaban J connectivity index is 1.75. The number of carbonyl (C=O) groups is 3. The largest absolute Gasteiger partial charge is 0.458 e. The Morgan fingerprint density at radius 1 is 1.03 bits per heavy atom. The van der Waals surface area contributed by atoms with Gasteiger partial charge in [-0.15, -0.1) is 0 Å². The summed E-state index contributed by atoms with van der Waals surface area (Å²) in [5, 5.41) is 2.81. The maximum Gasteiger partial charge on any atom is 0.329 e. The van der Waals surface area contributed by atoms with E-state index in [1.807, 2.05) is 54.6 Å². The Bertz CT molecular complexity index is 989. The van der Waals surface area contributed by atoms with Gasteiger partial charge < -0.3 is 20.7 Å². The molecule has 3 rings (SSSR count). The normalized spacial score (nSPS) is 15.2. The van der Waals surface area contributed by atoms with Gasteiger partial charge in [0, 0.05) is 12.5 Å². The Labute approximate surface area is 201 Å². The summed E-state index contributed by atoms with van der Waals surface area (Å²) in [5.74, 6) is -1.22. The number of rotatable bonds is 8. The number of hydrogen-bond acceptors (Lipinski definition) is 5. The lowest BCUT2D eigenvalue weighted by Gasteiger charge is -2.31.